The van der Waals surface area contributed by atoms with Gasteiger partial charge in [-0.05, 0) is 33.6 Å². The van der Waals surface area contributed by atoms with Crippen molar-refractivity contribution in [3.8, 4) is 0 Å². The van der Waals surface area contributed by atoms with Crippen LogP contribution in [0.2, 0.25) is 0 Å². The Morgan fingerprint density at radius 3 is 2.23 bits per heavy atom. The highest BCUT2D eigenvalue weighted by Gasteiger charge is 2.36. The van der Waals surface area contributed by atoms with Crippen LogP contribution in [0.1, 0.15) is 53.9 Å². The maximum absolute atomic E-state index is 4.75. The van der Waals surface area contributed by atoms with Crippen LogP contribution in [0.15, 0.2) is 4.99 Å². The van der Waals surface area contributed by atoms with Crippen molar-refractivity contribution in [3.63, 3.8) is 0 Å². The van der Waals surface area contributed by atoms with Crippen molar-refractivity contribution >= 4 is 5.71 Å². The van der Waals surface area contributed by atoms with E-state index >= 15 is 0 Å². The molecule has 0 aromatic heterocycles. The fourth-order valence-electron chi connectivity index (χ4n) is 2.33. The fourth-order valence-corrected chi connectivity index (χ4v) is 2.33. The molecule has 0 saturated carbocycles. The van der Waals surface area contributed by atoms with Crippen molar-refractivity contribution in [3.05, 3.63) is 0 Å². The van der Waals surface area contributed by atoms with E-state index in [1.165, 1.54) is 5.71 Å². The van der Waals surface area contributed by atoms with E-state index in [0.717, 1.165) is 19.3 Å². The van der Waals surface area contributed by atoms with Crippen molar-refractivity contribution in [2.45, 2.75) is 65.1 Å². The summed E-state index contributed by atoms with van der Waals surface area (Å²) in [6.07, 6.45) is 3.21. The highest BCUT2D eigenvalue weighted by molar-refractivity contribution is 5.84. The van der Waals surface area contributed by atoms with Gasteiger partial charge >= 0.3 is 0 Å². The van der Waals surface area contributed by atoms with Gasteiger partial charge in [0.05, 0.1) is 0 Å². The number of nitrogens with zero attached hydrogens (tertiary/aromatic N) is 1. The van der Waals surface area contributed by atoms with E-state index in [1.54, 1.807) is 0 Å². The van der Waals surface area contributed by atoms with Crippen LogP contribution in [0.4, 0.5) is 0 Å². The molecule has 0 bridgehead atoms. The van der Waals surface area contributed by atoms with Gasteiger partial charge in [-0.3, -0.25) is 10.3 Å². The third kappa shape index (κ3) is 2.31. The van der Waals surface area contributed by atoms with Crippen molar-refractivity contribution < 1.29 is 0 Å². The van der Waals surface area contributed by atoms with Gasteiger partial charge in [-0.1, -0.05) is 13.8 Å². The van der Waals surface area contributed by atoms with Gasteiger partial charge in [-0.15, -0.1) is 0 Å². The highest BCUT2D eigenvalue weighted by Crippen LogP contribution is 2.28. The summed E-state index contributed by atoms with van der Waals surface area (Å²) < 4.78 is 0. The molecular formula is C11H22N2. The molecule has 0 fully saturated rings. The Morgan fingerprint density at radius 1 is 1.31 bits per heavy atom. The van der Waals surface area contributed by atoms with Crippen LogP contribution in [0.3, 0.4) is 0 Å². The molecule has 0 aliphatic carbocycles. The monoisotopic (exact) mass is 182 g/mol. The Hall–Kier alpha value is -0.370. The molecule has 2 nitrogen and oxygen atoms in total. The van der Waals surface area contributed by atoms with Crippen LogP contribution in [0, 0.1) is 0 Å². The number of aliphatic imine (C=N–C) groups is 1. The molecule has 76 valence electrons. The minimum Gasteiger partial charge on any atom is -0.288 e. The van der Waals surface area contributed by atoms with Crippen LogP contribution in [0.25, 0.3) is 0 Å². The van der Waals surface area contributed by atoms with Gasteiger partial charge in [0.2, 0.25) is 0 Å². The second kappa shape index (κ2) is 3.41. The molecule has 13 heavy (non-hydrogen) atoms. The first-order valence-corrected chi connectivity index (χ1v) is 5.28. The summed E-state index contributed by atoms with van der Waals surface area (Å²) in [5.74, 6) is 0. The minimum atomic E-state index is 0.00579. The van der Waals surface area contributed by atoms with Gasteiger partial charge in [-0.25, -0.2) is 0 Å². The first-order chi connectivity index (χ1) is 5.93. The number of hydrogen-bond acceptors (Lipinski definition) is 2. The first kappa shape index (κ1) is 10.7. The van der Waals surface area contributed by atoms with Gasteiger partial charge in [0.15, 0.2) is 0 Å². The maximum Gasteiger partial charge on any atom is 0.110 e. The average molecular weight is 182 g/mol. The normalized spacial score (nSPS) is 25.5. The summed E-state index contributed by atoms with van der Waals surface area (Å²) in [6, 6.07) is 0. The molecule has 0 atom stereocenters. The number of hydrogen-bond donors (Lipinski definition) is 1. The molecule has 0 saturated heterocycles. The van der Waals surface area contributed by atoms with Crippen molar-refractivity contribution in [2.24, 2.45) is 4.99 Å². The van der Waals surface area contributed by atoms with Crippen molar-refractivity contribution in [1.82, 2.24) is 5.32 Å². The Bertz CT molecular complexity index is 212. The number of nitrogens with one attached hydrogen (secondary N) is 1. The van der Waals surface area contributed by atoms with Crippen molar-refractivity contribution in [1.29, 1.82) is 0 Å². The predicted octanol–water partition coefficient (Wildman–Crippen LogP) is 2.74. The van der Waals surface area contributed by atoms with Crippen molar-refractivity contribution in [2.75, 3.05) is 0 Å². The largest absolute Gasteiger partial charge is 0.288 e. The zero-order valence-electron chi connectivity index (χ0n) is 9.57. The van der Waals surface area contributed by atoms with E-state index in [2.05, 4.69) is 39.9 Å². The molecule has 0 aromatic carbocycles. The summed E-state index contributed by atoms with van der Waals surface area (Å²) in [5, 5.41) is 3.65. The molecule has 0 spiro atoms. The van der Waals surface area contributed by atoms with Gasteiger partial charge in [0, 0.05) is 17.7 Å². The Labute approximate surface area is 81.8 Å². The Balaban J connectivity index is 2.93. The fraction of sp³-hybridized carbons (Fsp3) is 0.909. The van der Waals surface area contributed by atoms with E-state index in [1.807, 2.05) is 0 Å². The lowest BCUT2D eigenvalue weighted by Crippen LogP contribution is -2.57. The first-order valence-electron chi connectivity index (χ1n) is 5.28. The van der Waals surface area contributed by atoms with Gasteiger partial charge < -0.3 is 0 Å². The van der Waals surface area contributed by atoms with Crippen LogP contribution in [-0.2, 0) is 0 Å². The summed E-state index contributed by atoms with van der Waals surface area (Å²) in [7, 11) is 0. The SMILES string of the molecule is CCC1(CC)N=C(C)CC(C)(C)N1. The lowest BCUT2D eigenvalue weighted by atomic mass is 9.89. The second-order valence-corrected chi connectivity index (χ2v) is 4.77. The standard InChI is InChI=1S/C11H22N2/c1-6-11(7-2)12-9(3)8-10(4,5)13-11/h13H,6-8H2,1-5H3. The molecule has 0 aromatic rings. The Morgan fingerprint density at radius 2 is 1.85 bits per heavy atom. The topological polar surface area (TPSA) is 24.4 Å². The van der Waals surface area contributed by atoms with Gasteiger partial charge in [0.1, 0.15) is 5.66 Å². The lowest BCUT2D eigenvalue weighted by molar-refractivity contribution is 0.211. The predicted molar refractivity (Wildman–Crippen MR) is 58.3 cm³/mol. The van der Waals surface area contributed by atoms with E-state index < -0.39 is 0 Å². The van der Waals surface area contributed by atoms with Crippen LogP contribution < -0.4 is 5.32 Å². The maximum atomic E-state index is 4.75. The quantitative estimate of drug-likeness (QED) is 0.697. The molecule has 0 radical (unpaired) electrons. The molecular weight excluding hydrogens is 160 g/mol. The molecule has 1 N–H and O–H groups in total. The smallest absolute Gasteiger partial charge is 0.110 e. The van der Waals surface area contributed by atoms with Crippen LogP contribution in [0.5, 0.6) is 0 Å². The average Bonchev–Trinajstić information content (AvgIpc) is 2.00. The van der Waals surface area contributed by atoms with E-state index in [-0.39, 0.29) is 11.2 Å². The summed E-state index contributed by atoms with van der Waals surface area (Å²) in [6.45, 7) is 11.1. The molecule has 2 heteroatoms. The second-order valence-electron chi connectivity index (χ2n) is 4.77. The minimum absolute atomic E-state index is 0.00579. The Kier molecular flexibility index (Phi) is 2.81. The van der Waals surface area contributed by atoms with E-state index in [4.69, 9.17) is 4.99 Å². The highest BCUT2D eigenvalue weighted by atomic mass is 15.2. The molecule has 0 unspecified atom stereocenters. The van der Waals surface area contributed by atoms with Gasteiger partial charge in [0.25, 0.3) is 0 Å². The lowest BCUT2D eigenvalue weighted by Gasteiger charge is -2.43. The molecule has 1 heterocycles. The summed E-state index contributed by atoms with van der Waals surface area (Å²) in [5.41, 5.74) is 1.50. The zero-order valence-corrected chi connectivity index (χ0v) is 9.57. The molecule has 0 amide bonds. The molecule has 1 rings (SSSR count). The van der Waals surface area contributed by atoms with Crippen LogP contribution >= 0.6 is 0 Å². The van der Waals surface area contributed by atoms with E-state index in [9.17, 15) is 0 Å². The summed E-state index contributed by atoms with van der Waals surface area (Å²) >= 11 is 0. The zero-order chi connectivity index (χ0) is 10.1. The third-order valence-corrected chi connectivity index (χ3v) is 2.84. The van der Waals surface area contributed by atoms with Crippen LogP contribution in [-0.4, -0.2) is 16.9 Å². The third-order valence-electron chi connectivity index (χ3n) is 2.84. The number of rotatable bonds is 2. The summed E-state index contributed by atoms with van der Waals surface area (Å²) in [4.78, 5) is 4.75. The molecule has 1 aliphatic rings. The van der Waals surface area contributed by atoms with Gasteiger partial charge in [-0.2, -0.15) is 0 Å². The van der Waals surface area contributed by atoms with E-state index in [0.29, 0.717) is 0 Å². The molecule has 1 aliphatic heterocycles.